The second-order valence-electron chi connectivity index (χ2n) is 10.6. The van der Waals surface area contributed by atoms with Gasteiger partial charge in [-0.15, -0.1) is 0 Å². The van der Waals surface area contributed by atoms with Gasteiger partial charge in [0.05, 0.1) is 5.92 Å². The van der Waals surface area contributed by atoms with Crippen molar-refractivity contribution in [3.8, 4) is 0 Å². The maximum absolute atomic E-state index is 11.7. The van der Waals surface area contributed by atoms with Crippen LogP contribution < -0.4 is 0 Å². The van der Waals surface area contributed by atoms with Gasteiger partial charge in [-0.25, -0.2) is 0 Å². The number of ether oxygens (including phenoxy) is 1. The molecule has 0 aromatic heterocycles. The van der Waals surface area contributed by atoms with Crippen LogP contribution in [0.2, 0.25) is 0 Å². The van der Waals surface area contributed by atoms with Crippen molar-refractivity contribution in [2.24, 2.45) is 40.4 Å². The average molecular weight is 389 g/mol. The highest BCUT2D eigenvalue weighted by Crippen LogP contribution is 2.67. The molecular formula is C24H36O4. The summed E-state index contributed by atoms with van der Waals surface area (Å²) >= 11 is 0. The van der Waals surface area contributed by atoms with E-state index < -0.39 is 5.97 Å². The lowest BCUT2D eigenvalue weighted by Crippen LogP contribution is -2.51. The maximum Gasteiger partial charge on any atom is 0.306 e. The number of carbonyl (C=O) groups excluding carboxylic acids is 1. The van der Waals surface area contributed by atoms with Gasteiger partial charge in [0.2, 0.25) is 0 Å². The average Bonchev–Trinajstić information content (AvgIpc) is 2.98. The van der Waals surface area contributed by atoms with Crippen LogP contribution in [0.25, 0.3) is 0 Å². The first-order chi connectivity index (χ1) is 13.2. The number of allylic oxidation sites excluding steroid dienone is 1. The minimum Gasteiger partial charge on any atom is -0.481 e. The lowest BCUT2D eigenvalue weighted by Gasteiger charge is -2.58. The fraction of sp³-hybridized carbons (Fsp3) is 0.833. The van der Waals surface area contributed by atoms with Gasteiger partial charge in [-0.3, -0.25) is 9.59 Å². The minimum atomic E-state index is -0.629. The van der Waals surface area contributed by atoms with E-state index in [4.69, 9.17) is 4.74 Å². The lowest BCUT2D eigenvalue weighted by molar-refractivity contribution is -0.148. The van der Waals surface area contributed by atoms with E-state index in [0.717, 1.165) is 38.5 Å². The van der Waals surface area contributed by atoms with Gasteiger partial charge in [-0.1, -0.05) is 32.4 Å². The van der Waals surface area contributed by atoms with Crippen molar-refractivity contribution in [2.75, 3.05) is 0 Å². The van der Waals surface area contributed by atoms with Gasteiger partial charge in [0, 0.05) is 13.3 Å². The zero-order valence-corrected chi connectivity index (χ0v) is 17.9. The Morgan fingerprint density at radius 3 is 2.57 bits per heavy atom. The van der Waals surface area contributed by atoms with Crippen LogP contribution in [0.1, 0.15) is 79.1 Å². The summed E-state index contributed by atoms with van der Waals surface area (Å²) in [6.45, 7) is 8.28. The second-order valence-corrected chi connectivity index (χ2v) is 10.6. The minimum absolute atomic E-state index is 0.0505. The van der Waals surface area contributed by atoms with E-state index in [1.165, 1.54) is 25.3 Å². The highest BCUT2D eigenvalue weighted by atomic mass is 16.5. The number of carbonyl (C=O) groups is 2. The molecule has 0 radical (unpaired) electrons. The third kappa shape index (κ3) is 2.93. The Labute approximate surface area is 169 Å². The first-order valence-electron chi connectivity index (χ1n) is 11.3. The molecule has 0 aliphatic heterocycles. The van der Waals surface area contributed by atoms with Crippen molar-refractivity contribution in [1.82, 2.24) is 0 Å². The molecule has 4 aliphatic rings. The molecule has 4 nitrogen and oxygen atoms in total. The Morgan fingerprint density at radius 1 is 1.14 bits per heavy atom. The quantitative estimate of drug-likeness (QED) is 0.532. The zero-order valence-electron chi connectivity index (χ0n) is 17.9. The smallest absolute Gasteiger partial charge is 0.306 e. The first kappa shape index (κ1) is 20.0. The molecule has 28 heavy (non-hydrogen) atoms. The Balaban J connectivity index is 1.57. The molecule has 0 aromatic rings. The van der Waals surface area contributed by atoms with Crippen molar-refractivity contribution < 1.29 is 19.4 Å². The number of carboxylic acid groups (broad SMARTS) is 1. The Morgan fingerprint density at radius 2 is 1.89 bits per heavy atom. The van der Waals surface area contributed by atoms with E-state index >= 15 is 0 Å². The fourth-order valence-electron chi connectivity index (χ4n) is 8.00. The van der Waals surface area contributed by atoms with Crippen molar-refractivity contribution >= 4 is 11.9 Å². The number of hydrogen-bond donors (Lipinski definition) is 1. The Kier molecular flexibility index (Phi) is 4.91. The molecule has 0 heterocycles. The number of carboxylic acids is 1. The highest BCUT2D eigenvalue weighted by molar-refractivity contribution is 5.70. The lowest BCUT2D eigenvalue weighted by atomic mass is 9.47. The highest BCUT2D eigenvalue weighted by Gasteiger charge is 2.59. The van der Waals surface area contributed by atoms with Gasteiger partial charge in [0.25, 0.3) is 0 Å². The van der Waals surface area contributed by atoms with Gasteiger partial charge in [-0.05, 0) is 79.4 Å². The SMILES string of the molecule is CC(=O)O[C@H]1CC[C@@]2(C)C(=CC[C@@H]3[C@H]4CC[C@@H]([C@@H](C)C(=O)O)[C@]4(C)CC[C@H]32)C1. The molecule has 4 rings (SSSR count). The topological polar surface area (TPSA) is 63.6 Å². The second kappa shape index (κ2) is 6.88. The summed E-state index contributed by atoms with van der Waals surface area (Å²) in [4.78, 5) is 23.1. The van der Waals surface area contributed by atoms with E-state index in [9.17, 15) is 14.7 Å². The molecule has 1 N–H and O–H groups in total. The molecule has 3 fully saturated rings. The molecule has 4 aliphatic carbocycles. The number of fused-ring (bicyclic) bond motifs is 5. The van der Waals surface area contributed by atoms with Crippen molar-refractivity contribution in [1.29, 1.82) is 0 Å². The van der Waals surface area contributed by atoms with Gasteiger partial charge in [-0.2, -0.15) is 0 Å². The molecule has 8 atom stereocenters. The van der Waals surface area contributed by atoms with Crippen LogP contribution >= 0.6 is 0 Å². The Bertz CT molecular complexity index is 697. The predicted molar refractivity (Wildman–Crippen MR) is 108 cm³/mol. The predicted octanol–water partition coefficient (Wildman–Crippen LogP) is 5.22. The monoisotopic (exact) mass is 388 g/mol. The van der Waals surface area contributed by atoms with Gasteiger partial charge in [0.15, 0.2) is 0 Å². The molecule has 4 heteroatoms. The number of hydrogen-bond acceptors (Lipinski definition) is 3. The van der Waals surface area contributed by atoms with E-state index in [0.29, 0.717) is 23.7 Å². The van der Waals surface area contributed by atoms with Crippen molar-refractivity contribution in [2.45, 2.75) is 85.2 Å². The van der Waals surface area contributed by atoms with Crippen LogP contribution in [0.4, 0.5) is 0 Å². The third-order valence-electron chi connectivity index (χ3n) is 9.46. The van der Waals surface area contributed by atoms with Crippen molar-refractivity contribution in [3.05, 3.63) is 11.6 Å². The summed E-state index contributed by atoms with van der Waals surface area (Å²) in [5.41, 5.74) is 1.93. The summed E-state index contributed by atoms with van der Waals surface area (Å²) < 4.78 is 5.53. The number of esters is 1. The van der Waals surface area contributed by atoms with E-state index in [1.807, 2.05) is 6.92 Å². The van der Waals surface area contributed by atoms with Crippen molar-refractivity contribution in [3.63, 3.8) is 0 Å². The molecule has 3 saturated carbocycles. The zero-order chi connectivity index (χ0) is 20.3. The summed E-state index contributed by atoms with van der Waals surface area (Å²) in [6, 6.07) is 0. The van der Waals surface area contributed by atoms with E-state index in [-0.39, 0.29) is 28.8 Å². The van der Waals surface area contributed by atoms with Crippen LogP contribution in [0, 0.1) is 40.4 Å². The molecular weight excluding hydrogens is 352 g/mol. The van der Waals surface area contributed by atoms with E-state index in [1.54, 1.807) is 0 Å². The molecule has 156 valence electrons. The largest absolute Gasteiger partial charge is 0.481 e. The third-order valence-corrected chi connectivity index (χ3v) is 9.46. The molecule has 0 aromatic carbocycles. The molecule has 0 amide bonds. The molecule has 0 saturated heterocycles. The molecule has 0 bridgehead atoms. The summed E-state index contributed by atoms with van der Waals surface area (Å²) in [5, 5.41) is 9.62. The standard InChI is InChI=1S/C24H36O4/c1-14(22(26)27)19-7-8-20-18-6-5-16-13-17(28-15(2)25)9-11-23(16,3)21(18)10-12-24(19,20)4/h5,14,17-21H,6-13H2,1-4H3,(H,26,27)/t14-,17+,18-,19+,20-,21-,23+,24+/m1/s1. The van der Waals surface area contributed by atoms with Gasteiger partial charge >= 0.3 is 11.9 Å². The van der Waals surface area contributed by atoms with Gasteiger partial charge < -0.3 is 9.84 Å². The normalized spacial score (nSPS) is 45.9. The first-order valence-corrected chi connectivity index (χ1v) is 11.3. The molecule has 0 spiro atoms. The van der Waals surface area contributed by atoms with Crippen LogP contribution in [-0.4, -0.2) is 23.1 Å². The summed E-state index contributed by atoms with van der Waals surface area (Å²) in [7, 11) is 0. The Hall–Kier alpha value is -1.32. The van der Waals surface area contributed by atoms with Crippen LogP contribution in [-0.2, 0) is 14.3 Å². The summed E-state index contributed by atoms with van der Waals surface area (Å²) in [5.74, 6) is 1.31. The maximum atomic E-state index is 11.7. The molecule has 0 unspecified atom stereocenters. The van der Waals surface area contributed by atoms with Crippen LogP contribution in [0.5, 0.6) is 0 Å². The fourth-order valence-corrected chi connectivity index (χ4v) is 8.00. The number of rotatable bonds is 3. The van der Waals surface area contributed by atoms with Crippen LogP contribution in [0.15, 0.2) is 11.6 Å². The van der Waals surface area contributed by atoms with Crippen LogP contribution in [0.3, 0.4) is 0 Å². The number of aliphatic carboxylic acids is 1. The van der Waals surface area contributed by atoms with E-state index in [2.05, 4.69) is 19.9 Å². The van der Waals surface area contributed by atoms with Gasteiger partial charge in [0.1, 0.15) is 6.10 Å². The summed E-state index contributed by atoms with van der Waals surface area (Å²) in [6.07, 6.45) is 11.3.